The van der Waals surface area contributed by atoms with E-state index in [9.17, 15) is 19.1 Å². The van der Waals surface area contributed by atoms with Crippen molar-refractivity contribution >= 4 is 0 Å². The predicted molar refractivity (Wildman–Crippen MR) is 61.2 cm³/mol. The van der Waals surface area contributed by atoms with Crippen LogP contribution in [-0.4, -0.2) is 38.6 Å². The first-order chi connectivity index (χ1) is 8.45. The summed E-state index contributed by atoms with van der Waals surface area (Å²) in [5.41, 5.74) is -0.871. The number of nitrogens with zero attached hydrogens (tertiary/aromatic N) is 1. The van der Waals surface area contributed by atoms with Gasteiger partial charge in [-0.05, 0) is 13.3 Å². The van der Waals surface area contributed by atoms with E-state index in [4.69, 9.17) is 5.11 Å². The SMILES string of the molecule is Cc1cn([C@@H]2C[C@H](CO)[C@@H](F)[C@H]2O)c(=O)[nH]c1=O. The van der Waals surface area contributed by atoms with Crippen molar-refractivity contribution in [3.63, 3.8) is 0 Å². The maximum absolute atomic E-state index is 13.6. The summed E-state index contributed by atoms with van der Waals surface area (Å²) in [6.45, 7) is 1.14. The van der Waals surface area contributed by atoms with Gasteiger partial charge >= 0.3 is 5.69 Å². The minimum atomic E-state index is -1.57. The molecular formula is C11H15FN2O4. The number of aromatic amines is 1. The number of hydrogen-bond donors (Lipinski definition) is 3. The average molecular weight is 258 g/mol. The molecule has 1 aliphatic carbocycles. The van der Waals surface area contributed by atoms with Gasteiger partial charge < -0.3 is 10.2 Å². The molecule has 1 saturated carbocycles. The fraction of sp³-hybridized carbons (Fsp3) is 0.636. The van der Waals surface area contributed by atoms with E-state index in [0.717, 1.165) is 4.57 Å². The van der Waals surface area contributed by atoms with Gasteiger partial charge in [-0.2, -0.15) is 0 Å². The monoisotopic (exact) mass is 258 g/mol. The van der Waals surface area contributed by atoms with E-state index in [-0.39, 0.29) is 13.0 Å². The Morgan fingerprint density at radius 1 is 1.56 bits per heavy atom. The minimum absolute atomic E-state index is 0.157. The van der Waals surface area contributed by atoms with E-state index in [1.54, 1.807) is 0 Å². The third kappa shape index (κ3) is 1.99. The predicted octanol–water partition coefficient (Wildman–Crippen LogP) is -0.903. The normalized spacial score (nSPS) is 31.8. The first kappa shape index (κ1) is 13.0. The number of halogens is 1. The molecule has 0 aliphatic heterocycles. The summed E-state index contributed by atoms with van der Waals surface area (Å²) in [7, 11) is 0. The van der Waals surface area contributed by atoms with Crippen LogP contribution in [0.3, 0.4) is 0 Å². The van der Waals surface area contributed by atoms with E-state index in [2.05, 4.69) is 4.98 Å². The summed E-state index contributed by atoms with van der Waals surface area (Å²) >= 11 is 0. The first-order valence-electron chi connectivity index (χ1n) is 5.70. The number of alkyl halides is 1. The topological polar surface area (TPSA) is 95.3 Å². The molecule has 0 saturated heterocycles. The number of rotatable bonds is 2. The molecule has 0 amide bonds. The molecule has 100 valence electrons. The summed E-state index contributed by atoms with van der Waals surface area (Å²) in [5, 5.41) is 18.7. The Labute approximate surface area is 102 Å². The molecule has 1 heterocycles. The molecule has 0 aromatic carbocycles. The summed E-state index contributed by atoms with van der Waals surface area (Å²) in [6.07, 6.45) is -1.46. The van der Waals surface area contributed by atoms with Crippen molar-refractivity contribution < 1.29 is 14.6 Å². The maximum Gasteiger partial charge on any atom is 0.328 e. The van der Waals surface area contributed by atoms with Crippen LogP contribution < -0.4 is 11.2 Å². The van der Waals surface area contributed by atoms with Crippen LogP contribution in [0.15, 0.2) is 15.8 Å². The van der Waals surface area contributed by atoms with Gasteiger partial charge in [-0.25, -0.2) is 9.18 Å². The number of aliphatic hydroxyl groups is 2. The number of aliphatic hydroxyl groups excluding tert-OH is 2. The van der Waals surface area contributed by atoms with Gasteiger partial charge in [-0.3, -0.25) is 14.3 Å². The van der Waals surface area contributed by atoms with Gasteiger partial charge in [0.25, 0.3) is 5.56 Å². The van der Waals surface area contributed by atoms with Gasteiger partial charge in [-0.15, -0.1) is 0 Å². The van der Waals surface area contributed by atoms with Crippen LogP contribution in [0.5, 0.6) is 0 Å². The molecule has 1 fully saturated rings. The zero-order valence-electron chi connectivity index (χ0n) is 9.84. The van der Waals surface area contributed by atoms with Gasteiger partial charge in [0.05, 0.1) is 6.04 Å². The van der Waals surface area contributed by atoms with Gasteiger partial charge in [0.15, 0.2) is 0 Å². The Balaban J connectivity index is 2.42. The largest absolute Gasteiger partial charge is 0.396 e. The van der Waals surface area contributed by atoms with Gasteiger partial charge in [0.1, 0.15) is 12.3 Å². The smallest absolute Gasteiger partial charge is 0.328 e. The first-order valence-corrected chi connectivity index (χ1v) is 5.70. The average Bonchev–Trinajstić information content (AvgIpc) is 2.61. The molecule has 1 aromatic rings. The Morgan fingerprint density at radius 3 is 2.78 bits per heavy atom. The lowest BCUT2D eigenvalue weighted by molar-refractivity contribution is 0.0494. The molecular weight excluding hydrogens is 243 g/mol. The molecule has 0 bridgehead atoms. The second-order valence-corrected chi connectivity index (χ2v) is 4.66. The quantitative estimate of drug-likeness (QED) is 0.640. The molecule has 1 aliphatic rings. The van der Waals surface area contributed by atoms with Crippen molar-refractivity contribution in [3.05, 3.63) is 32.6 Å². The van der Waals surface area contributed by atoms with Crippen molar-refractivity contribution in [3.8, 4) is 0 Å². The molecule has 0 unspecified atom stereocenters. The fourth-order valence-electron chi connectivity index (χ4n) is 2.36. The lowest BCUT2D eigenvalue weighted by atomic mass is 10.1. The Bertz CT molecular complexity index is 553. The molecule has 7 heteroatoms. The molecule has 2 rings (SSSR count). The standard InChI is InChI=1S/C11H15FN2O4/c1-5-3-14(11(18)13-10(5)17)7-2-6(4-15)8(12)9(7)16/h3,6-9,15-16H,2,4H2,1H3,(H,13,17,18)/t6-,7-,8-,9+/m1/s1. The third-order valence-electron chi connectivity index (χ3n) is 3.45. The van der Waals surface area contributed by atoms with Crippen molar-refractivity contribution in [2.75, 3.05) is 6.61 Å². The highest BCUT2D eigenvalue weighted by Gasteiger charge is 2.43. The fourth-order valence-corrected chi connectivity index (χ4v) is 2.36. The van der Waals surface area contributed by atoms with Gasteiger partial charge in [-0.1, -0.05) is 0 Å². The second-order valence-electron chi connectivity index (χ2n) is 4.66. The second kappa shape index (κ2) is 4.66. The number of hydrogen-bond acceptors (Lipinski definition) is 4. The summed E-state index contributed by atoms with van der Waals surface area (Å²) in [4.78, 5) is 25.0. The maximum atomic E-state index is 13.6. The summed E-state index contributed by atoms with van der Waals surface area (Å²) in [6, 6.07) is -0.764. The van der Waals surface area contributed by atoms with Crippen LogP contribution in [0.25, 0.3) is 0 Å². The highest BCUT2D eigenvalue weighted by atomic mass is 19.1. The van der Waals surface area contributed by atoms with Crippen LogP contribution >= 0.6 is 0 Å². The van der Waals surface area contributed by atoms with Crippen LogP contribution in [0.4, 0.5) is 4.39 Å². The lowest BCUT2D eigenvalue weighted by Gasteiger charge is -2.18. The Hall–Kier alpha value is -1.47. The van der Waals surface area contributed by atoms with E-state index in [0.29, 0.717) is 5.56 Å². The molecule has 0 radical (unpaired) electrons. The number of H-pyrrole nitrogens is 1. The molecule has 18 heavy (non-hydrogen) atoms. The van der Waals surface area contributed by atoms with Gasteiger partial charge in [0.2, 0.25) is 0 Å². The molecule has 0 spiro atoms. The zero-order chi connectivity index (χ0) is 13.4. The van der Waals surface area contributed by atoms with E-state index >= 15 is 0 Å². The molecule has 1 aromatic heterocycles. The number of aryl methyl sites for hydroxylation is 1. The van der Waals surface area contributed by atoms with Gasteiger partial charge in [0, 0.05) is 24.3 Å². The van der Waals surface area contributed by atoms with Crippen molar-refractivity contribution in [2.24, 2.45) is 5.92 Å². The Morgan fingerprint density at radius 2 is 2.22 bits per heavy atom. The highest BCUT2D eigenvalue weighted by Crippen LogP contribution is 2.36. The van der Waals surface area contributed by atoms with Crippen molar-refractivity contribution in [1.82, 2.24) is 9.55 Å². The van der Waals surface area contributed by atoms with Crippen LogP contribution in [-0.2, 0) is 0 Å². The zero-order valence-corrected chi connectivity index (χ0v) is 9.84. The van der Waals surface area contributed by atoms with E-state index < -0.39 is 35.5 Å². The molecule has 3 N–H and O–H groups in total. The minimum Gasteiger partial charge on any atom is -0.396 e. The molecule has 4 atom stereocenters. The number of nitrogens with one attached hydrogen (secondary N) is 1. The summed E-state index contributed by atoms with van der Waals surface area (Å²) < 4.78 is 14.8. The van der Waals surface area contributed by atoms with Crippen LogP contribution in [0, 0.1) is 12.8 Å². The van der Waals surface area contributed by atoms with Crippen molar-refractivity contribution in [2.45, 2.75) is 31.7 Å². The summed E-state index contributed by atoms with van der Waals surface area (Å²) in [5.74, 6) is -0.691. The van der Waals surface area contributed by atoms with E-state index in [1.807, 2.05) is 0 Å². The van der Waals surface area contributed by atoms with Crippen LogP contribution in [0.1, 0.15) is 18.0 Å². The Kier molecular flexibility index (Phi) is 3.36. The lowest BCUT2D eigenvalue weighted by Crippen LogP contribution is -2.37. The third-order valence-corrected chi connectivity index (χ3v) is 3.45. The van der Waals surface area contributed by atoms with Crippen molar-refractivity contribution in [1.29, 1.82) is 0 Å². The van der Waals surface area contributed by atoms with E-state index in [1.165, 1.54) is 13.1 Å². The number of aromatic nitrogens is 2. The van der Waals surface area contributed by atoms with Crippen LogP contribution in [0.2, 0.25) is 0 Å². The highest BCUT2D eigenvalue weighted by molar-refractivity contribution is 5.04. The molecule has 6 nitrogen and oxygen atoms in total.